The standard InChI is InChI=1S/C9H11IO2/c1-9(2)4-3-7(10)6(5-9)8(11)12/h3-4H,5H2,1-2H3,(H,11,12). The summed E-state index contributed by atoms with van der Waals surface area (Å²) in [7, 11) is 0. The van der Waals surface area contributed by atoms with Crippen molar-refractivity contribution in [3.63, 3.8) is 0 Å². The topological polar surface area (TPSA) is 37.3 Å². The molecule has 0 radical (unpaired) electrons. The first-order chi connectivity index (χ1) is 5.42. The first-order valence-electron chi connectivity index (χ1n) is 3.73. The van der Waals surface area contributed by atoms with Crippen LogP contribution in [0.3, 0.4) is 0 Å². The molecule has 0 unspecified atom stereocenters. The fraction of sp³-hybridized carbons (Fsp3) is 0.444. The minimum absolute atomic E-state index is 0.0115. The third-order valence-corrected chi connectivity index (χ3v) is 2.87. The fourth-order valence-corrected chi connectivity index (χ4v) is 1.78. The summed E-state index contributed by atoms with van der Waals surface area (Å²) in [5, 5.41) is 8.84. The van der Waals surface area contributed by atoms with Crippen molar-refractivity contribution in [2.24, 2.45) is 5.41 Å². The predicted molar refractivity (Wildman–Crippen MR) is 56.2 cm³/mol. The predicted octanol–water partition coefficient (Wildman–Crippen LogP) is 2.75. The van der Waals surface area contributed by atoms with Crippen LogP contribution in [0.25, 0.3) is 0 Å². The van der Waals surface area contributed by atoms with E-state index in [9.17, 15) is 4.79 Å². The molecule has 0 bridgehead atoms. The molecular weight excluding hydrogens is 267 g/mol. The molecule has 0 aromatic carbocycles. The molecule has 12 heavy (non-hydrogen) atoms. The largest absolute Gasteiger partial charge is 0.478 e. The Labute approximate surface area is 85.5 Å². The van der Waals surface area contributed by atoms with Crippen LogP contribution in [-0.2, 0) is 4.79 Å². The molecule has 0 amide bonds. The van der Waals surface area contributed by atoms with E-state index in [1.807, 2.05) is 19.9 Å². The first-order valence-corrected chi connectivity index (χ1v) is 4.81. The second kappa shape index (κ2) is 3.20. The van der Waals surface area contributed by atoms with Gasteiger partial charge < -0.3 is 5.11 Å². The summed E-state index contributed by atoms with van der Waals surface area (Å²) in [6, 6.07) is 0. The Balaban J connectivity index is 2.99. The fourth-order valence-electron chi connectivity index (χ4n) is 1.18. The van der Waals surface area contributed by atoms with Crippen molar-refractivity contribution in [3.8, 4) is 0 Å². The Hall–Kier alpha value is -0.320. The van der Waals surface area contributed by atoms with Crippen LogP contribution >= 0.6 is 22.6 Å². The number of carboxylic acids is 1. The van der Waals surface area contributed by atoms with Gasteiger partial charge in [0.25, 0.3) is 0 Å². The molecular formula is C9H11IO2. The Morgan fingerprint density at radius 1 is 1.67 bits per heavy atom. The van der Waals surface area contributed by atoms with Gasteiger partial charge in [-0.25, -0.2) is 4.79 Å². The van der Waals surface area contributed by atoms with Gasteiger partial charge >= 0.3 is 5.97 Å². The van der Waals surface area contributed by atoms with Crippen molar-refractivity contribution in [3.05, 3.63) is 21.3 Å². The molecule has 66 valence electrons. The zero-order valence-electron chi connectivity index (χ0n) is 7.10. The minimum Gasteiger partial charge on any atom is -0.478 e. The maximum atomic E-state index is 10.8. The minimum atomic E-state index is -0.795. The van der Waals surface area contributed by atoms with E-state index < -0.39 is 5.97 Å². The van der Waals surface area contributed by atoms with Gasteiger partial charge in [-0.05, 0) is 34.4 Å². The summed E-state index contributed by atoms with van der Waals surface area (Å²) in [5.74, 6) is -0.795. The Kier molecular flexibility index (Phi) is 2.61. The number of rotatable bonds is 1. The van der Waals surface area contributed by atoms with Crippen molar-refractivity contribution in [2.75, 3.05) is 0 Å². The number of aliphatic carboxylic acids is 1. The van der Waals surface area contributed by atoms with E-state index >= 15 is 0 Å². The SMILES string of the molecule is CC1(C)C=CC(I)=C(C(=O)O)C1. The lowest BCUT2D eigenvalue weighted by Crippen LogP contribution is -2.17. The van der Waals surface area contributed by atoms with Crippen molar-refractivity contribution >= 4 is 28.6 Å². The molecule has 2 nitrogen and oxygen atoms in total. The van der Waals surface area contributed by atoms with Crippen molar-refractivity contribution < 1.29 is 9.90 Å². The molecule has 0 atom stereocenters. The van der Waals surface area contributed by atoms with Gasteiger partial charge in [0.2, 0.25) is 0 Å². The average molecular weight is 278 g/mol. The lowest BCUT2D eigenvalue weighted by atomic mass is 9.82. The molecule has 0 spiro atoms. The summed E-state index contributed by atoms with van der Waals surface area (Å²) < 4.78 is 0.847. The summed E-state index contributed by atoms with van der Waals surface area (Å²) in [4.78, 5) is 10.8. The van der Waals surface area contributed by atoms with E-state index in [1.54, 1.807) is 0 Å². The molecule has 1 aliphatic carbocycles. The monoisotopic (exact) mass is 278 g/mol. The maximum Gasteiger partial charge on any atom is 0.332 e. The van der Waals surface area contributed by atoms with E-state index in [2.05, 4.69) is 28.7 Å². The molecule has 0 heterocycles. The molecule has 0 saturated heterocycles. The highest BCUT2D eigenvalue weighted by molar-refractivity contribution is 14.1. The van der Waals surface area contributed by atoms with Gasteiger partial charge in [0.1, 0.15) is 0 Å². The quantitative estimate of drug-likeness (QED) is 0.749. The Bertz CT molecular complexity index is 274. The number of carboxylic acid groups (broad SMARTS) is 1. The summed E-state index contributed by atoms with van der Waals surface area (Å²) in [5.41, 5.74) is 0.519. The van der Waals surface area contributed by atoms with E-state index in [0.29, 0.717) is 12.0 Å². The zero-order chi connectivity index (χ0) is 9.35. The number of hydrogen-bond donors (Lipinski definition) is 1. The van der Waals surface area contributed by atoms with Crippen LogP contribution in [0, 0.1) is 5.41 Å². The molecule has 0 aliphatic heterocycles. The average Bonchev–Trinajstić information content (AvgIpc) is 1.94. The molecule has 1 N–H and O–H groups in total. The normalized spacial score (nSPS) is 21.2. The number of hydrogen-bond acceptors (Lipinski definition) is 1. The van der Waals surface area contributed by atoms with Gasteiger partial charge in [0, 0.05) is 3.58 Å². The van der Waals surface area contributed by atoms with Gasteiger partial charge in [-0.15, -0.1) is 0 Å². The van der Waals surface area contributed by atoms with Gasteiger partial charge in [-0.1, -0.05) is 26.0 Å². The molecule has 1 rings (SSSR count). The number of halogens is 1. The molecule has 1 aliphatic rings. The highest BCUT2D eigenvalue weighted by atomic mass is 127. The molecule has 0 aromatic rings. The van der Waals surface area contributed by atoms with Crippen molar-refractivity contribution in [1.82, 2.24) is 0 Å². The lowest BCUT2D eigenvalue weighted by molar-refractivity contribution is -0.133. The molecule has 0 fully saturated rings. The van der Waals surface area contributed by atoms with Crippen LogP contribution in [0.1, 0.15) is 20.3 Å². The summed E-state index contributed by atoms with van der Waals surface area (Å²) in [6.45, 7) is 4.07. The van der Waals surface area contributed by atoms with Crippen LogP contribution in [0.2, 0.25) is 0 Å². The van der Waals surface area contributed by atoms with Crippen LogP contribution in [-0.4, -0.2) is 11.1 Å². The van der Waals surface area contributed by atoms with E-state index in [0.717, 1.165) is 3.58 Å². The number of allylic oxidation sites excluding steroid dienone is 3. The Morgan fingerprint density at radius 3 is 2.67 bits per heavy atom. The van der Waals surface area contributed by atoms with Crippen molar-refractivity contribution in [2.45, 2.75) is 20.3 Å². The third kappa shape index (κ3) is 2.09. The van der Waals surface area contributed by atoms with Gasteiger partial charge in [-0.2, -0.15) is 0 Å². The third-order valence-electron chi connectivity index (χ3n) is 1.86. The van der Waals surface area contributed by atoms with Crippen LogP contribution in [0.5, 0.6) is 0 Å². The highest BCUT2D eigenvalue weighted by Crippen LogP contribution is 2.35. The van der Waals surface area contributed by atoms with E-state index in [-0.39, 0.29) is 5.41 Å². The van der Waals surface area contributed by atoms with Crippen LogP contribution in [0.15, 0.2) is 21.3 Å². The molecule has 3 heteroatoms. The van der Waals surface area contributed by atoms with Crippen molar-refractivity contribution in [1.29, 1.82) is 0 Å². The van der Waals surface area contributed by atoms with Crippen LogP contribution in [0.4, 0.5) is 0 Å². The second-order valence-corrected chi connectivity index (χ2v) is 4.79. The Morgan fingerprint density at radius 2 is 2.25 bits per heavy atom. The van der Waals surface area contributed by atoms with E-state index in [4.69, 9.17) is 5.11 Å². The van der Waals surface area contributed by atoms with Gasteiger partial charge in [-0.3, -0.25) is 0 Å². The highest BCUT2D eigenvalue weighted by Gasteiger charge is 2.25. The van der Waals surface area contributed by atoms with Gasteiger partial charge in [0.05, 0.1) is 5.57 Å². The lowest BCUT2D eigenvalue weighted by Gasteiger charge is -2.24. The molecule has 0 aromatic heterocycles. The summed E-state index contributed by atoms with van der Waals surface area (Å²) in [6.07, 6.45) is 4.56. The summed E-state index contributed by atoms with van der Waals surface area (Å²) >= 11 is 2.06. The van der Waals surface area contributed by atoms with Crippen LogP contribution < -0.4 is 0 Å². The first kappa shape index (κ1) is 9.77. The second-order valence-electron chi connectivity index (χ2n) is 3.63. The zero-order valence-corrected chi connectivity index (χ0v) is 9.25. The maximum absolute atomic E-state index is 10.8. The molecule has 0 saturated carbocycles. The van der Waals surface area contributed by atoms with E-state index in [1.165, 1.54) is 0 Å². The van der Waals surface area contributed by atoms with Gasteiger partial charge in [0.15, 0.2) is 0 Å². The smallest absolute Gasteiger partial charge is 0.332 e. The number of carbonyl (C=O) groups is 1.